The molecule has 1 saturated heterocycles. The molecule has 366 valence electrons. The number of hydrogen-bond acceptors (Lipinski definition) is 12. The lowest BCUT2D eigenvalue weighted by Crippen LogP contribution is -2.63. The highest BCUT2D eigenvalue weighted by atomic mass is 16.7. The topological polar surface area (TPSA) is 173 Å². The van der Waals surface area contributed by atoms with Crippen molar-refractivity contribution in [1.29, 1.82) is 0 Å². The largest absolute Gasteiger partial charge is 0.463 e. The highest BCUT2D eigenvalue weighted by Gasteiger charge is 2.53. The lowest BCUT2D eigenvalue weighted by molar-refractivity contribution is -0.309. The number of carbonyl (C=O) groups is 5. The minimum atomic E-state index is -1.44. The van der Waals surface area contributed by atoms with Crippen molar-refractivity contribution in [1.82, 2.24) is 5.32 Å². The van der Waals surface area contributed by atoms with Crippen LogP contribution in [0, 0.1) is 0 Å². The van der Waals surface area contributed by atoms with Crippen molar-refractivity contribution >= 4 is 29.8 Å². The summed E-state index contributed by atoms with van der Waals surface area (Å²) >= 11 is 0. The van der Waals surface area contributed by atoms with Gasteiger partial charge in [-0.1, -0.05) is 180 Å². The zero-order valence-corrected chi connectivity index (χ0v) is 40.3. The molecule has 0 aromatic rings. The monoisotopic (exact) mass is 896 g/mol. The Morgan fingerprint density at radius 2 is 0.968 bits per heavy atom. The van der Waals surface area contributed by atoms with Crippen LogP contribution >= 0.6 is 0 Å². The van der Waals surface area contributed by atoms with Gasteiger partial charge in [-0.25, -0.2) is 0 Å². The molecule has 1 fully saturated rings. The average molecular weight is 896 g/mol. The molecule has 0 bridgehead atoms. The summed E-state index contributed by atoms with van der Waals surface area (Å²) in [4.78, 5) is 61.8. The number of hydrogen-bond donors (Lipinski definition) is 2. The summed E-state index contributed by atoms with van der Waals surface area (Å²) in [6.45, 7) is 8.44. The Balaban J connectivity index is 2.90. The Kier molecular flexibility index (Phi) is 35.2. The van der Waals surface area contributed by atoms with E-state index in [1.807, 2.05) is 6.08 Å². The number of allylic oxidation sites excluding steroid dienone is 1. The van der Waals surface area contributed by atoms with Gasteiger partial charge in [0.05, 0.1) is 18.8 Å². The smallest absolute Gasteiger partial charge is 0.303 e. The molecule has 0 spiro atoms. The van der Waals surface area contributed by atoms with Gasteiger partial charge in [-0.2, -0.15) is 0 Å². The maximum atomic E-state index is 13.3. The zero-order valence-electron chi connectivity index (χ0n) is 40.3. The third-order valence-corrected chi connectivity index (χ3v) is 11.5. The van der Waals surface area contributed by atoms with E-state index >= 15 is 0 Å². The van der Waals surface area contributed by atoms with Crippen LogP contribution in [0.15, 0.2) is 12.2 Å². The van der Waals surface area contributed by atoms with Crippen molar-refractivity contribution in [3.8, 4) is 0 Å². The van der Waals surface area contributed by atoms with Crippen molar-refractivity contribution in [3.63, 3.8) is 0 Å². The molecule has 1 rings (SSSR count). The van der Waals surface area contributed by atoms with Gasteiger partial charge >= 0.3 is 23.9 Å². The lowest BCUT2D eigenvalue weighted by atomic mass is 9.98. The fraction of sp³-hybridized carbons (Fsp3) is 0.860. The first-order valence-corrected chi connectivity index (χ1v) is 25.0. The average Bonchev–Trinajstić information content (AvgIpc) is 3.23. The Hall–Kier alpha value is -3.03. The number of carbonyl (C=O) groups excluding carboxylic acids is 5. The molecule has 7 atom stereocenters. The normalized spacial score (nSPS) is 19.6. The fourth-order valence-corrected chi connectivity index (χ4v) is 7.98. The van der Waals surface area contributed by atoms with Crippen LogP contribution in [0.3, 0.4) is 0 Å². The Morgan fingerprint density at radius 1 is 0.556 bits per heavy atom. The summed E-state index contributed by atoms with van der Waals surface area (Å²) in [5.41, 5.74) is 0. The summed E-state index contributed by atoms with van der Waals surface area (Å²) < 4.78 is 34.0. The van der Waals surface area contributed by atoms with E-state index in [0.29, 0.717) is 6.42 Å². The second-order valence-electron chi connectivity index (χ2n) is 17.5. The van der Waals surface area contributed by atoms with Crippen LogP contribution in [0.25, 0.3) is 0 Å². The fourth-order valence-electron chi connectivity index (χ4n) is 7.98. The van der Waals surface area contributed by atoms with Crippen LogP contribution < -0.4 is 5.32 Å². The summed E-state index contributed by atoms with van der Waals surface area (Å²) in [6, 6.07) is -0.922. The van der Waals surface area contributed by atoms with Crippen LogP contribution in [0.2, 0.25) is 0 Å². The molecule has 1 heterocycles. The van der Waals surface area contributed by atoms with Gasteiger partial charge in [-0.3, -0.25) is 24.0 Å². The van der Waals surface area contributed by atoms with Crippen LogP contribution in [0.4, 0.5) is 0 Å². The molecule has 1 aliphatic heterocycles. The molecule has 1 amide bonds. The van der Waals surface area contributed by atoms with Crippen molar-refractivity contribution in [2.24, 2.45) is 0 Å². The van der Waals surface area contributed by atoms with Gasteiger partial charge in [0.1, 0.15) is 12.7 Å². The first-order valence-electron chi connectivity index (χ1n) is 25.0. The van der Waals surface area contributed by atoms with E-state index in [0.717, 1.165) is 59.3 Å². The van der Waals surface area contributed by atoms with Crippen LogP contribution in [0.5, 0.6) is 0 Å². The van der Waals surface area contributed by atoms with E-state index < -0.39 is 73.3 Å². The standard InChI is InChI=1S/C50H89NO12/c1-7-9-11-13-15-17-19-21-22-24-26-28-30-32-34-36-46(57)51-43(44(56)35-33-31-29-27-25-23-20-18-16-14-12-10-8-2)37-59-50-49(62-42(6)55)48(61-41(5)54)47(60-40(4)53)45(63-50)38-58-39(3)52/h33,35,43-45,47-50,56H,7-32,34,36-38H2,1-6H3,(H,51,57)/b35-33+/t43-,44+,45?,47-,48?,49?,50+/m0/s1. The predicted molar refractivity (Wildman–Crippen MR) is 246 cm³/mol. The molecule has 0 aliphatic carbocycles. The summed E-state index contributed by atoms with van der Waals surface area (Å²) in [6.07, 6.45) is 28.6. The van der Waals surface area contributed by atoms with Crippen molar-refractivity contribution < 1.29 is 57.5 Å². The Labute approximate surface area is 381 Å². The van der Waals surface area contributed by atoms with Crippen LogP contribution in [0.1, 0.15) is 221 Å². The molecule has 0 saturated carbocycles. The quantitative estimate of drug-likeness (QED) is 0.0259. The molecule has 1 aliphatic rings. The highest BCUT2D eigenvalue weighted by Crippen LogP contribution is 2.30. The van der Waals surface area contributed by atoms with E-state index in [-0.39, 0.29) is 18.9 Å². The van der Waals surface area contributed by atoms with E-state index in [4.69, 9.17) is 28.4 Å². The molecular formula is C50H89NO12. The predicted octanol–water partition coefficient (Wildman–Crippen LogP) is 10.5. The lowest BCUT2D eigenvalue weighted by Gasteiger charge is -2.44. The molecule has 0 aromatic heterocycles. The number of rotatable bonds is 39. The maximum Gasteiger partial charge on any atom is 0.303 e. The molecule has 0 radical (unpaired) electrons. The number of aliphatic hydroxyl groups excluding tert-OH is 1. The van der Waals surface area contributed by atoms with Gasteiger partial charge in [-0.15, -0.1) is 0 Å². The molecular weight excluding hydrogens is 807 g/mol. The molecule has 3 unspecified atom stereocenters. The van der Waals surface area contributed by atoms with Gasteiger partial charge in [0, 0.05) is 34.1 Å². The summed E-state index contributed by atoms with van der Waals surface area (Å²) in [5, 5.41) is 14.3. The number of aliphatic hydroxyl groups is 1. The van der Waals surface area contributed by atoms with Crippen LogP contribution in [-0.4, -0.2) is 91.0 Å². The third kappa shape index (κ3) is 30.7. The number of ether oxygens (including phenoxy) is 6. The summed E-state index contributed by atoms with van der Waals surface area (Å²) in [5.74, 6) is -3.13. The molecule has 2 N–H and O–H groups in total. The van der Waals surface area contributed by atoms with Gasteiger partial charge in [0.25, 0.3) is 0 Å². The van der Waals surface area contributed by atoms with Gasteiger partial charge in [0.2, 0.25) is 5.91 Å². The first kappa shape index (κ1) is 58.0. The number of nitrogens with one attached hydrogen (secondary N) is 1. The summed E-state index contributed by atoms with van der Waals surface area (Å²) in [7, 11) is 0. The van der Waals surface area contributed by atoms with E-state index in [1.165, 1.54) is 135 Å². The Bertz CT molecular complexity index is 1240. The first-order chi connectivity index (χ1) is 30.4. The maximum absolute atomic E-state index is 13.3. The third-order valence-electron chi connectivity index (χ3n) is 11.5. The highest BCUT2D eigenvalue weighted by molar-refractivity contribution is 5.76. The minimum Gasteiger partial charge on any atom is -0.463 e. The molecule has 13 heteroatoms. The zero-order chi connectivity index (χ0) is 46.5. The van der Waals surface area contributed by atoms with Crippen LogP contribution in [-0.2, 0) is 52.4 Å². The van der Waals surface area contributed by atoms with Crippen molar-refractivity contribution in [3.05, 3.63) is 12.2 Å². The van der Waals surface area contributed by atoms with Crippen molar-refractivity contribution in [2.45, 2.75) is 264 Å². The molecule has 63 heavy (non-hydrogen) atoms. The Morgan fingerprint density at radius 3 is 1.41 bits per heavy atom. The number of unbranched alkanes of at least 4 members (excludes halogenated alkanes) is 25. The minimum absolute atomic E-state index is 0.238. The van der Waals surface area contributed by atoms with E-state index in [1.54, 1.807) is 6.08 Å². The van der Waals surface area contributed by atoms with Gasteiger partial charge < -0.3 is 38.8 Å². The number of amides is 1. The number of esters is 4. The van der Waals surface area contributed by atoms with E-state index in [9.17, 15) is 29.1 Å². The molecule has 0 aromatic carbocycles. The second-order valence-corrected chi connectivity index (χ2v) is 17.5. The van der Waals surface area contributed by atoms with Crippen molar-refractivity contribution in [2.75, 3.05) is 13.2 Å². The molecule has 13 nitrogen and oxygen atoms in total. The van der Waals surface area contributed by atoms with E-state index in [2.05, 4.69) is 19.2 Å². The second kappa shape index (κ2) is 38.3. The van der Waals surface area contributed by atoms with Gasteiger partial charge in [-0.05, 0) is 19.3 Å². The SMILES string of the molecule is CCCCCCCCCCCCC/C=C/[C@@H](O)[C@H](CO[C@@H]1OC(COC(C)=O)[C@H](OC(C)=O)C(OC(C)=O)C1OC(C)=O)NC(=O)CCCCCCCCCCCCCCCCC. The van der Waals surface area contributed by atoms with Gasteiger partial charge in [0.15, 0.2) is 24.6 Å².